The fourth-order valence-electron chi connectivity index (χ4n) is 6.66. The van der Waals surface area contributed by atoms with E-state index < -0.39 is 16.1 Å². The van der Waals surface area contributed by atoms with Crippen LogP contribution in [0.15, 0.2) is 80.9 Å². The van der Waals surface area contributed by atoms with Crippen LogP contribution in [0.2, 0.25) is 39.3 Å². The maximum atomic E-state index is 3.69. The number of unbranched alkanes of at least 4 members (excludes halogenated alkanes) is 4. The molecule has 50 heavy (non-hydrogen) atoms. The van der Waals surface area contributed by atoms with Gasteiger partial charge in [0.2, 0.25) is 0 Å². The molecule has 2 nitrogen and oxygen atoms in total. The van der Waals surface area contributed by atoms with Crippen LogP contribution in [0.1, 0.15) is 79.1 Å². The molecule has 0 aliphatic heterocycles. The normalized spacial score (nSPS) is 13.4. The molecule has 0 atom stereocenters. The zero-order chi connectivity index (χ0) is 36.3. The van der Waals surface area contributed by atoms with Crippen molar-refractivity contribution in [3.8, 4) is 0 Å². The molecule has 0 radical (unpaired) electrons. The van der Waals surface area contributed by atoms with E-state index in [0.29, 0.717) is 0 Å². The molecule has 0 fully saturated rings. The molecule has 4 rings (SSSR count). The average Bonchev–Trinajstić information content (AvgIpc) is 3.05. The molecular weight excluding hydrogens is 637 g/mol. The fourth-order valence-corrected chi connectivity index (χ4v) is 12.5. The molecule has 0 saturated carbocycles. The van der Waals surface area contributed by atoms with Crippen LogP contribution in [0.4, 0.5) is 11.4 Å². The van der Waals surface area contributed by atoms with E-state index in [1.165, 1.54) is 73.1 Å². The highest BCUT2D eigenvalue weighted by atomic mass is 28.3. The van der Waals surface area contributed by atoms with Gasteiger partial charge in [-0.1, -0.05) is 127 Å². The number of hydrogen-bond donors (Lipinski definition) is 0. The van der Waals surface area contributed by atoms with Crippen molar-refractivity contribution in [2.24, 2.45) is 0 Å². The summed E-state index contributed by atoms with van der Waals surface area (Å²) in [6.07, 6.45) is 9.43. The lowest BCUT2D eigenvalue weighted by atomic mass is 9.95. The van der Waals surface area contributed by atoms with Gasteiger partial charge in [-0.05, 0) is 83.9 Å². The third-order valence-corrected chi connectivity index (χ3v) is 13.7. The number of allylic oxidation sites excluding steroid dienone is 4. The molecule has 0 amide bonds. The van der Waals surface area contributed by atoms with Crippen molar-refractivity contribution < 1.29 is 0 Å². The Balaban J connectivity index is 2.19. The lowest BCUT2D eigenvalue weighted by molar-refractivity contribution is 0.678. The molecule has 2 aliphatic carbocycles. The van der Waals surface area contributed by atoms with E-state index in [0.717, 1.165) is 58.2 Å². The SMILES string of the molecule is CCCCN(CCCC)c1ccc2c(c1)=C=C=C=C=c1cc(N(CCCC)CCCC)ccc1=C=C=C1C(=C=C=2)C([Si](C)(C)C)=C1[Si](C)(C)C. The summed E-state index contributed by atoms with van der Waals surface area (Å²) < 4.78 is 0. The van der Waals surface area contributed by atoms with Crippen LogP contribution in [0.3, 0.4) is 0 Å². The monoisotopic (exact) mass is 696 g/mol. The fraction of sp³-hybridized carbons (Fsp3) is 0.478. The van der Waals surface area contributed by atoms with Crippen LogP contribution in [-0.4, -0.2) is 42.3 Å². The van der Waals surface area contributed by atoms with Crippen LogP contribution in [0, 0.1) is 0 Å². The number of hydrogen-bond acceptors (Lipinski definition) is 2. The van der Waals surface area contributed by atoms with Crippen molar-refractivity contribution in [2.45, 2.75) is 118 Å². The topological polar surface area (TPSA) is 6.48 Å². The molecule has 0 heterocycles. The quantitative estimate of drug-likeness (QED) is 0.128. The van der Waals surface area contributed by atoms with Gasteiger partial charge in [0.1, 0.15) is 0 Å². The van der Waals surface area contributed by atoms with Crippen molar-refractivity contribution in [2.75, 3.05) is 36.0 Å². The van der Waals surface area contributed by atoms with Crippen LogP contribution in [0.25, 0.3) is 22.9 Å². The molecule has 2 aliphatic rings. The Bertz CT molecular complexity index is 1950. The Morgan fingerprint density at radius 2 is 0.780 bits per heavy atom. The van der Waals surface area contributed by atoms with E-state index >= 15 is 0 Å². The molecule has 2 aromatic carbocycles. The number of rotatable bonds is 16. The summed E-state index contributed by atoms with van der Waals surface area (Å²) in [5.41, 5.74) is 32.7. The number of nitrogens with zero attached hydrogens (tertiary/aromatic N) is 2. The average molecular weight is 697 g/mol. The Morgan fingerprint density at radius 1 is 0.440 bits per heavy atom. The van der Waals surface area contributed by atoms with Gasteiger partial charge in [0.15, 0.2) is 0 Å². The second-order valence-electron chi connectivity index (χ2n) is 15.8. The molecule has 0 spiro atoms. The van der Waals surface area contributed by atoms with Crippen LogP contribution in [-0.2, 0) is 0 Å². The zero-order valence-electron chi connectivity index (χ0n) is 32.8. The van der Waals surface area contributed by atoms with Crippen molar-refractivity contribution in [3.05, 3.63) is 102 Å². The standard InChI is InChI=1S/C46H60N2Si2/c1-11-15-31-47(32-16-12-2)41-27-23-37-25-29-43-44(46(50(8,9)10)45(43)49(5,6)7)30-26-38-24-28-42(48(33-17-13-3)34-18-14-4)36-40(38)22-20-19-21-39(37)35-41/h23-24,27-28,35-36H,11-18,31-34H2,1-10H3. The third kappa shape index (κ3) is 9.91. The Morgan fingerprint density at radius 3 is 1.08 bits per heavy atom. The summed E-state index contributed by atoms with van der Waals surface area (Å²) in [5.74, 6) is 0. The minimum Gasteiger partial charge on any atom is -0.372 e. The molecule has 4 heteroatoms. The first-order chi connectivity index (χ1) is 23.9. The van der Waals surface area contributed by atoms with Crippen LogP contribution >= 0.6 is 0 Å². The largest absolute Gasteiger partial charge is 0.372 e. The summed E-state index contributed by atoms with van der Waals surface area (Å²) >= 11 is 0. The van der Waals surface area contributed by atoms with Crippen molar-refractivity contribution in [1.82, 2.24) is 0 Å². The molecule has 0 aromatic heterocycles. The summed E-state index contributed by atoms with van der Waals surface area (Å²) in [7, 11) is -3.39. The number of benzene rings is 2. The van der Waals surface area contributed by atoms with E-state index in [2.05, 4.69) is 159 Å². The molecule has 0 saturated heterocycles. The number of anilines is 2. The van der Waals surface area contributed by atoms with Crippen molar-refractivity contribution in [1.29, 1.82) is 0 Å². The first-order valence-corrected chi connectivity index (χ1v) is 26.3. The highest BCUT2D eigenvalue weighted by molar-refractivity contribution is 6.92. The minimum absolute atomic E-state index is 0.954. The van der Waals surface area contributed by atoms with Gasteiger partial charge < -0.3 is 9.80 Å². The highest BCUT2D eigenvalue weighted by Crippen LogP contribution is 2.47. The van der Waals surface area contributed by atoms with Crippen LogP contribution < -0.4 is 30.7 Å². The third-order valence-electron chi connectivity index (χ3n) is 9.46. The molecule has 2 aromatic rings. The molecular formula is C46H60N2Si2. The smallest absolute Gasteiger partial charge is 0.0792 e. The van der Waals surface area contributed by atoms with E-state index in [4.69, 9.17) is 0 Å². The maximum absolute atomic E-state index is 3.69. The molecule has 0 bridgehead atoms. The maximum Gasteiger partial charge on any atom is 0.0792 e. The van der Waals surface area contributed by atoms with Gasteiger partial charge in [-0.2, -0.15) is 0 Å². The second-order valence-corrected chi connectivity index (χ2v) is 25.8. The molecule has 0 N–H and O–H groups in total. The van der Waals surface area contributed by atoms with Crippen molar-refractivity contribution >= 4 is 50.4 Å². The van der Waals surface area contributed by atoms with Gasteiger partial charge in [0.25, 0.3) is 0 Å². The second kappa shape index (κ2) is 17.9. The molecule has 262 valence electrons. The van der Waals surface area contributed by atoms with Crippen LogP contribution in [0.5, 0.6) is 0 Å². The summed E-state index contributed by atoms with van der Waals surface area (Å²) in [6, 6.07) is 13.4. The highest BCUT2D eigenvalue weighted by Gasteiger charge is 2.43. The van der Waals surface area contributed by atoms with Crippen molar-refractivity contribution in [3.63, 3.8) is 0 Å². The summed E-state index contributed by atoms with van der Waals surface area (Å²) in [6.45, 7) is 28.0. The summed E-state index contributed by atoms with van der Waals surface area (Å²) in [5, 5.41) is 6.88. The summed E-state index contributed by atoms with van der Waals surface area (Å²) in [4.78, 5) is 5.04. The first kappa shape index (κ1) is 39.0. The minimum atomic E-state index is -1.69. The van der Waals surface area contributed by atoms with E-state index in [1.54, 1.807) is 0 Å². The van der Waals surface area contributed by atoms with Gasteiger partial charge in [-0.25, -0.2) is 0 Å². The Labute approximate surface area is 305 Å². The number of fused-ring (bicyclic) bond motifs is 3. The van der Waals surface area contributed by atoms with Gasteiger partial charge in [0, 0.05) is 69.6 Å². The molecule has 0 unspecified atom stereocenters. The lowest BCUT2D eigenvalue weighted by Gasteiger charge is -2.41. The Hall–Kier alpha value is -3.81. The lowest BCUT2D eigenvalue weighted by Crippen LogP contribution is -2.41. The predicted octanol–water partition coefficient (Wildman–Crippen LogP) is 8.83. The van der Waals surface area contributed by atoms with E-state index in [1.807, 2.05) is 0 Å². The zero-order valence-corrected chi connectivity index (χ0v) is 34.8. The predicted molar refractivity (Wildman–Crippen MR) is 224 cm³/mol. The van der Waals surface area contributed by atoms with Gasteiger partial charge >= 0.3 is 0 Å². The van der Waals surface area contributed by atoms with Gasteiger partial charge in [-0.15, -0.1) is 0 Å². The Kier molecular flexibility index (Phi) is 14.0. The van der Waals surface area contributed by atoms with Gasteiger partial charge in [-0.3, -0.25) is 0 Å². The van der Waals surface area contributed by atoms with E-state index in [9.17, 15) is 0 Å². The first-order valence-electron chi connectivity index (χ1n) is 19.3. The van der Waals surface area contributed by atoms with E-state index in [-0.39, 0.29) is 0 Å². The van der Waals surface area contributed by atoms with Gasteiger partial charge in [0.05, 0.1) is 16.1 Å².